The number of carbonyl (C=O) groups excluding carboxylic acids is 4. The fraction of sp³-hybridized carbons (Fsp3) is 0.463. The highest BCUT2D eigenvalue weighted by Crippen LogP contribution is 2.34. The van der Waals surface area contributed by atoms with Gasteiger partial charge >= 0.3 is 0 Å². The molecule has 4 amide bonds. The predicted octanol–water partition coefficient (Wildman–Crippen LogP) is 4.88. The number of carbonyl (C=O) groups is 4. The Morgan fingerprint density at radius 2 is 1.32 bits per heavy atom. The van der Waals surface area contributed by atoms with Gasteiger partial charge < -0.3 is 30.5 Å². The third-order valence-corrected chi connectivity index (χ3v) is 10.6. The van der Waals surface area contributed by atoms with E-state index < -0.39 is 24.6 Å². The number of aliphatic hydroxyl groups excluding tert-OH is 1. The first kappa shape index (κ1) is 37.7. The van der Waals surface area contributed by atoms with Crippen molar-refractivity contribution in [2.75, 3.05) is 19.7 Å². The average molecular weight is 722 g/mol. The second kappa shape index (κ2) is 16.3. The van der Waals surface area contributed by atoms with E-state index in [4.69, 9.17) is 4.99 Å². The van der Waals surface area contributed by atoms with Crippen LogP contribution < -0.4 is 10.6 Å². The Morgan fingerprint density at radius 3 is 1.89 bits per heavy atom. The van der Waals surface area contributed by atoms with E-state index in [1.54, 1.807) is 11.1 Å². The van der Waals surface area contributed by atoms with E-state index in [-0.39, 0.29) is 41.6 Å². The van der Waals surface area contributed by atoms with Gasteiger partial charge in [-0.3, -0.25) is 24.2 Å². The molecule has 0 radical (unpaired) electrons. The second-order valence-corrected chi connectivity index (χ2v) is 15.0. The van der Waals surface area contributed by atoms with Crippen molar-refractivity contribution >= 4 is 34.9 Å². The molecule has 3 aliphatic rings. The van der Waals surface area contributed by atoms with Crippen molar-refractivity contribution < 1.29 is 24.3 Å². The van der Waals surface area contributed by atoms with Crippen LogP contribution in [0.5, 0.6) is 0 Å². The molecule has 0 spiro atoms. The van der Waals surface area contributed by atoms with Gasteiger partial charge in [0, 0.05) is 38.3 Å². The fourth-order valence-corrected chi connectivity index (χ4v) is 7.71. The lowest BCUT2D eigenvalue weighted by Crippen LogP contribution is -2.53. The minimum absolute atomic E-state index is 0.00773. The summed E-state index contributed by atoms with van der Waals surface area (Å²) in [7, 11) is 0. The Hall–Kier alpha value is -5.10. The second-order valence-electron chi connectivity index (χ2n) is 15.0. The number of benzene rings is 2. The normalized spacial score (nSPS) is 19.7. The monoisotopic (exact) mass is 721 g/mol. The summed E-state index contributed by atoms with van der Waals surface area (Å²) in [5.41, 5.74) is 7.21. The third-order valence-electron chi connectivity index (χ3n) is 10.6. The van der Waals surface area contributed by atoms with Crippen LogP contribution in [-0.4, -0.2) is 92.0 Å². The van der Waals surface area contributed by atoms with Gasteiger partial charge in [-0.05, 0) is 65.3 Å². The van der Waals surface area contributed by atoms with E-state index in [0.29, 0.717) is 25.3 Å². The van der Waals surface area contributed by atoms with E-state index in [0.717, 1.165) is 64.9 Å². The Kier molecular flexibility index (Phi) is 11.6. The lowest BCUT2D eigenvalue weighted by molar-refractivity contribution is -0.139. The quantitative estimate of drug-likeness (QED) is 0.209. The molecule has 1 aromatic heterocycles. The van der Waals surface area contributed by atoms with Crippen LogP contribution >= 0.6 is 0 Å². The summed E-state index contributed by atoms with van der Waals surface area (Å²) < 4.78 is 0. The molecular formula is C41H51N7O5. The van der Waals surface area contributed by atoms with E-state index >= 15 is 0 Å². The summed E-state index contributed by atoms with van der Waals surface area (Å²) in [5.74, 6) is -0.386. The number of hydrogen-bond donors (Lipinski definition) is 4. The molecule has 0 bridgehead atoms. The van der Waals surface area contributed by atoms with Crippen molar-refractivity contribution in [2.45, 2.75) is 90.9 Å². The number of nitrogens with zero attached hydrogens (tertiary/aromatic N) is 4. The number of imidazole rings is 1. The molecule has 0 unspecified atom stereocenters. The van der Waals surface area contributed by atoms with Crippen LogP contribution in [-0.2, 0) is 19.2 Å². The Balaban J connectivity index is 1.07. The predicted molar refractivity (Wildman–Crippen MR) is 204 cm³/mol. The number of hydrogen-bond acceptors (Lipinski definition) is 7. The van der Waals surface area contributed by atoms with Gasteiger partial charge in [-0.25, -0.2) is 4.98 Å². The van der Waals surface area contributed by atoms with Crippen LogP contribution in [0.3, 0.4) is 0 Å². The Bertz CT molecular complexity index is 1880. The minimum atomic E-state index is -0.715. The highest BCUT2D eigenvalue weighted by atomic mass is 16.3. The standard InChI is InChI=1S/C41H51N7O5/c1-24(2)37(44-26(5)50)40(52)47-18-6-8-34(47)32-20-31(21-42-32)29-12-10-27(11-13-29)28-14-16-30(17-15-28)33-22-43-39(45-33)35-9-7-19-48(35)41(53)38(25(3)4)46-36(51)23-49/h10-17,21-22,24-25,34-35,37-38,49H,6-9,18-20,23H2,1-5H3,(H,43,45)(H,44,50)(H,46,51)/t34-,35-,37-,38-/m0/s1. The van der Waals surface area contributed by atoms with Crippen molar-refractivity contribution in [3.63, 3.8) is 0 Å². The summed E-state index contributed by atoms with van der Waals surface area (Å²) >= 11 is 0. The van der Waals surface area contributed by atoms with E-state index in [1.807, 2.05) is 38.8 Å². The fourth-order valence-electron chi connectivity index (χ4n) is 7.71. The number of likely N-dealkylation sites (tertiary alicyclic amines) is 2. The molecule has 4 N–H and O–H groups in total. The number of aromatic amines is 1. The lowest BCUT2D eigenvalue weighted by atomic mass is 9.95. The smallest absolute Gasteiger partial charge is 0.246 e. The van der Waals surface area contributed by atoms with Crippen LogP contribution in [0.25, 0.3) is 28.0 Å². The van der Waals surface area contributed by atoms with E-state index in [9.17, 15) is 24.3 Å². The molecule has 280 valence electrons. The summed E-state index contributed by atoms with van der Waals surface area (Å²) in [6.45, 7) is 9.70. The van der Waals surface area contributed by atoms with Crippen LogP contribution in [0.1, 0.15) is 84.2 Å². The van der Waals surface area contributed by atoms with Gasteiger partial charge in [-0.1, -0.05) is 76.2 Å². The molecule has 0 saturated carbocycles. The highest BCUT2D eigenvalue weighted by molar-refractivity contribution is 6.04. The molecule has 12 nitrogen and oxygen atoms in total. The average Bonchev–Trinajstić information content (AvgIpc) is 3.98. The maximum absolute atomic E-state index is 13.5. The van der Waals surface area contributed by atoms with Crippen molar-refractivity contribution in [1.29, 1.82) is 0 Å². The van der Waals surface area contributed by atoms with Crippen LogP contribution in [0.2, 0.25) is 0 Å². The number of H-pyrrole nitrogens is 1. The molecule has 4 heterocycles. The molecule has 3 aliphatic heterocycles. The summed E-state index contributed by atoms with van der Waals surface area (Å²) in [5, 5.41) is 14.7. The zero-order valence-electron chi connectivity index (χ0n) is 31.3. The minimum Gasteiger partial charge on any atom is -0.387 e. The van der Waals surface area contributed by atoms with Gasteiger partial charge in [-0.15, -0.1) is 0 Å². The van der Waals surface area contributed by atoms with Crippen LogP contribution in [0.15, 0.2) is 65.9 Å². The molecular weight excluding hydrogens is 670 g/mol. The zero-order valence-corrected chi connectivity index (χ0v) is 31.3. The topological polar surface area (TPSA) is 160 Å². The van der Waals surface area contributed by atoms with Crippen LogP contribution in [0.4, 0.5) is 0 Å². The van der Waals surface area contributed by atoms with Gasteiger partial charge in [-0.2, -0.15) is 0 Å². The maximum atomic E-state index is 13.5. The number of amides is 4. The summed E-state index contributed by atoms with van der Waals surface area (Å²) in [4.78, 5) is 67.2. The number of rotatable bonds is 12. The Morgan fingerprint density at radius 1 is 0.792 bits per heavy atom. The number of nitrogens with one attached hydrogen (secondary N) is 3. The molecule has 2 saturated heterocycles. The summed E-state index contributed by atoms with van der Waals surface area (Å²) in [6, 6.07) is 15.2. The molecule has 2 fully saturated rings. The number of allylic oxidation sites excluding steroid dienone is 1. The zero-order chi connectivity index (χ0) is 37.8. The number of aliphatic imine (C=N–C) groups is 1. The summed E-state index contributed by atoms with van der Waals surface area (Å²) in [6.07, 6.45) is 7.80. The van der Waals surface area contributed by atoms with E-state index in [1.165, 1.54) is 6.92 Å². The van der Waals surface area contributed by atoms with Crippen molar-refractivity contribution in [3.05, 3.63) is 72.3 Å². The third kappa shape index (κ3) is 8.27. The lowest BCUT2D eigenvalue weighted by Gasteiger charge is -2.31. The highest BCUT2D eigenvalue weighted by Gasteiger charge is 2.39. The molecule has 6 rings (SSSR count). The Labute approximate surface area is 311 Å². The van der Waals surface area contributed by atoms with Gasteiger partial charge in [0.25, 0.3) is 0 Å². The number of aliphatic hydroxyl groups is 1. The van der Waals surface area contributed by atoms with Gasteiger partial charge in [0.2, 0.25) is 23.6 Å². The van der Waals surface area contributed by atoms with Crippen molar-refractivity contribution in [2.24, 2.45) is 16.8 Å². The number of aromatic nitrogens is 2. The first-order valence-corrected chi connectivity index (χ1v) is 18.7. The largest absolute Gasteiger partial charge is 0.387 e. The van der Waals surface area contributed by atoms with Crippen molar-refractivity contribution in [1.82, 2.24) is 30.4 Å². The molecule has 4 atom stereocenters. The molecule has 3 aromatic rings. The van der Waals surface area contributed by atoms with Gasteiger partial charge in [0.1, 0.15) is 24.5 Å². The molecule has 2 aromatic carbocycles. The van der Waals surface area contributed by atoms with Gasteiger partial charge in [0.15, 0.2) is 0 Å². The molecule has 0 aliphatic carbocycles. The van der Waals surface area contributed by atoms with E-state index in [2.05, 4.69) is 69.1 Å². The van der Waals surface area contributed by atoms with Crippen LogP contribution in [0, 0.1) is 11.8 Å². The molecule has 53 heavy (non-hydrogen) atoms. The first-order valence-electron chi connectivity index (χ1n) is 18.7. The first-order chi connectivity index (χ1) is 25.4. The van der Waals surface area contributed by atoms with Gasteiger partial charge in [0.05, 0.1) is 24.0 Å². The maximum Gasteiger partial charge on any atom is 0.246 e. The van der Waals surface area contributed by atoms with Crippen molar-refractivity contribution in [3.8, 4) is 22.4 Å². The SMILES string of the molecule is CC(=O)N[C@H](C(=O)N1CCC[C@H]1C1=NC=C(c2ccc(-c3ccc(-c4cnc([C@@H]5CCCN5C(=O)[C@@H](NC(=O)CO)C(C)C)[nH]4)cc3)cc2)C1)C(C)C. The molecule has 12 heteroatoms.